The van der Waals surface area contributed by atoms with Crippen LogP contribution in [0.2, 0.25) is 5.02 Å². The summed E-state index contributed by atoms with van der Waals surface area (Å²) < 4.78 is 0. The molecular formula is C19H28ClNO. The molecule has 1 aromatic rings. The Labute approximate surface area is 140 Å². The van der Waals surface area contributed by atoms with Gasteiger partial charge in [0.25, 0.3) is 0 Å². The first kappa shape index (κ1) is 18.8. The number of amides is 1. The predicted molar refractivity (Wildman–Crippen MR) is 95.2 cm³/mol. The van der Waals surface area contributed by atoms with Crippen LogP contribution in [0.25, 0.3) is 0 Å². The summed E-state index contributed by atoms with van der Waals surface area (Å²) in [6.45, 7) is 4.87. The predicted octanol–water partition coefficient (Wildman–Crippen LogP) is 5.16. The Bertz CT molecular complexity index is 453. The van der Waals surface area contributed by atoms with Gasteiger partial charge in [0.2, 0.25) is 5.91 Å². The van der Waals surface area contributed by atoms with E-state index in [1.54, 1.807) is 0 Å². The number of hydrogen-bond acceptors (Lipinski definition) is 1. The molecule has 0 bridgehead atoms. The molecule has 122 valence electrons. The van der Waals surface area contributed by atoms with Gasteiger partial charge in [-0.1, -0.05) is 62.1 Å². The Morgan fingerprint density at radius 3 is 2.64 bits per heavy atom. The number of nitrogens with one attached hydrogen (secondary N) is 1. The molecule has 1 unspecified atom stereocenters. The van der Waals surface area contributed by atoms with Crippen molar-refractivity contribution in [1.82, 2.24) is 5.32 Å². The van der Waals surface area contributed by atoms with Crippen LogP contribution in [0.1, 0.15) is 51.5 Å². The SMILES string of the molecule is CC=CCC(CCCCC)C(=O)NCCc1ccc(Cl)cc1. The third-order valence-electron chi connectivity index (χ3n) is 3.81. The Morgan fingerprint density at radius 1 is 1.27 bits per heavy atom. The lowest BCUT2D eigenvalue weighted by Gasteiger charge is -2.15. The minimum atomic E-state index is 0.105. The van der Waals surface area contributed by atoms with Gasteiger partial charge in [0, 0.05) is 17.5 Å². The van der Waals surface area contributed by atoms with Crippen molar-refractivity contribution < 1.29 is 4.79 Å². The van der Waals surface area contributed by atoms with E-state index in [1.807, 2.05) is 37.3 Å². The molecular weight excluding hydrogens is 294 g/mol. The number of unbranched alkanes of at least 4 members (excludes halogenated alkanes) is 2. The summed E-state index contributed by atoms with van der Waals surface area (Å²) in [5.74, 6) is 0.288. The highest BCUT2D eigenvalue weighted by Gasteiger charge is 2.15. The molecule has 1 amide bonds. The van der Waals surface area contributed by atoms with E-state index in [1.165, 1.54) is 18.4 Å². The first-order valence-electron chi connectivity index (χ1n) is 8.30. The van der Waals surface area contributed by atoms with Crippen LogP contribution in [0, 0.1) is 5.92 Å². The summed E-state index contributed by atoms with van der Waals surface area (Å²) in [5, 5.41) is 3.82. The fraction of sp³-hybridized carbons (Fsp3) is 0.526. The molecule has 1 aromatic carbocycles. The van der Waals surface area contributed by atoms with Gasteiger partial charge in [-0.15, -0.1) is 0 Å². The molecule has 0 heterocycles. The van der Waals surface area contributed by atoms with Gasteiger partial charge >= 0.3 is 0 Å². The van der Waals surface area contributed by atoms with Gasteiger partial charge in [0.15, 0.2) is 0 Å². The molecule has 2 nitrogen and oxygen atoms in total. The summed E-state index contributed by atoms with van der Waals surface area (Å²) in [6.07, 6.45) is 10.3. The first-order chi connectivity index (χ1) is 10.7. The van der Waals surface area contributed by atoms with Crippen LogP contribution in [0.3, 0.4) is 0 Å². The van der Waals surface area contributed by atoms with E-state index in [0.29, 0.717) is 6.54 Å². The van der Waals surface area contributed by atoms with E-state index < -0.39 is 0 Å². The molecule has 22 heavy (non-hydrogen) atoms. The Kier molecular flexibility index (Phi) is 9.65. The van der Waals surface area contributed by atoms with Crippen molar-refractivity contribution in [2.75, 3.05) is 6.54 Å². The van der Waals surface area contributed by atoms with Crippen molar-refractivity contribution in [3.05, 3.63) is 47.0 Å². The number of hydrogen-bond donors (Lipinski definition) is 1. The van der Waals surface area contributed by atoms with Gasteiger partial charge in [-0.2, -0.15) is 0 Å². The van der Waals surface area contributed by atoms with Crippen molar-refractivity contribution in [1.29, 1.82) is 0 Å². The van der Waals surface area contributed by atoms with Crippen molar-refractivity contribution in [3.8, 4) is 0 Å². The van der Waals surface area contributed by atoms with Gasteiger partial charge in [0.1, 0.15) is 0 Å². The normalized spacial score (nSPS) is 12.5. The molecule has 0 aromatic heterocycles. The molecule has 1 rings (SSSR count). The van der Waals surface area contributed by atoms with E-state index in [2.05, 4.69) is 18.3 Å². The Morgan fingerprint density at radius 2 is 2.00 bits per heavy atom. The number of carbonyl (C=O) groups is 1. The summed E-state index contributed by atoms with van der Waals surface area (Å²) in [4.78, 5) is 12.3. The van der Waals surface area contributed by atoms with Crippen molar-refractivity contribution in [3.63, 3.8) is 0 Å². The molecule has 3 heteroatoms. The minimum absolute atomic E-state index is 0.105. The largest absolute Gasteiger partial charge is 0.356 e. The van der Waals surface area contributed by atoms with Crippen LogP contribution in [-0.4, -0.2) is 12.5 Å². The van der Waals surface area contributed by atoms with Crippen molar-refractivity contribution >= 4 is 17.5 Å². The second-order valence-electron chi connectivity index (χ2n) is 5.66. The van der Waals surface area contributed by atoms with Crippen LogP contribution < -0.4 is 5.32 Å². The van der Waals surface area contributed by atoms with Crippen LogP contribution in [0.5, 0.6) is 0 Å². The quantitative estimate of drug-likeness (QED) is 0.468. The van der Waals surface area contributed by atoms with E-state index in [4.69, 9.17) is 11.6 Å². The van der Waals surface area contributed by atoms with Gasteiger partial charge in [-0.05, 0) is 43.9 Å². The van der Waals surface area contributed by atoms with E-state index >= 15 is 0 Å². The third-order valence-corrected chi connectivity index (χ3v) is 4.06. The monoisotopic (exact) mass is 321 g/mol. The highest BCUT2D eigenvalue weighted by molar-refractivity contribution is 6.30. The summed E-state index contributed by atoms with van der Waals surface area (Å²) in [7, 11) is 0. The molecule has 0 saturated carbocycles. The average Bonchev–Trinajstić information content (AvgIpc) is 2.52. The van der Waals surface area contributed by atoms with Gasteiger partial charge in [-0.3, -0.25) is 4.79 Å². The van der Waals surface area contributed by atoms with E-state index in [9.17, 15) is 4.79 Å². The average molecular weight is 322 g/mol. The molecule has 0 fully saturated rings. The molecule has 1 N–H and O–H groups in total. The van der Waals surface area contributed by atoms with E-state index in [0.717, 1.165) is 30.7 Å². The van der Waals surface area contributed by atoms with E-state index in [-0.39, 0.29) is 11.8 Å². The zero-order chi connectivity index (χ0) is 16.2. The lowest BCUT2D eigenvalue weighted by molar-refractivity contribution is -0.125. The maximum Gasteiger partial charge on any atom is 0.223 e. The van der Waals surface area contributed by atoms with Gasteiger partial charge < -0.3 is 5.32 Å². The van der Waals surface area contributed by atoms with Crippen molar-refractivity contribution in [2.45, 2.75) is 52.4 Å². The van der Waals surface area contributed by atoms with Crippen LogP contribution in [0.4, 0.5) is 0 Å². The molecule has 0 aliphatic heterocycles. The number of rotatable bonds is 10. The molecule has 0 spiro atoms. The zero-order valence-corrected chi connectivity index (χ0v) is 14.5. The smallest absolute Gasteiger partial charge is 0.223 e. The van der Waals surface area contributed by atoms with Gasteiger partial charge in [-0.25, -0.2) is 0 Å². The molecule has 0 aliphatic carbocycles. The fourth-order valence-electron chi connectivity index (χ4n) is 2.42. The standard InChI is InChI=1S/C19H28ClNO/c1-3-5-7-9-17(8-6-4-2)19(22)21-15-14-16-10-12-18(20)13-11-16/h4,6,10-13,17H,3,5,7-9,14-15H2,1-2H3,(H,21,22). The van der Waals surface area contributed by atoms with Crippen LogP contribution in [-0.2, 0) is 11.2 Å². The summed E-state index contributed by atoms with van der Waals surface area (Å²) in [6, 6.07) is 7.79. The lowest BCUT2D eigenvalue weighted by atomic mass is 9.96. The Hall–Kier alpha value is -1.28. The van der Waals surface area contributed by atoms with Crippen LogP contribution in [0.15, 0.2) is 36.4 Å². The maximum absolute atomic E-state index is 12.3. The number of allylic oxidation sites excluding steroid dienone is 2. The second-order valence-corrected chi connectivity index (χ2v) is 6.10. The number of carbonyl (C=O) groups excluding carboxylic acids is 1. The Balaban J connectivity index is 2.39. The molecule has 0 saturated heterocycles. The van der Waals surface area contributed by atoms with Crippen molar-refractivity contribution in [2.24, 2.45) is 5.92 Å². The lowest BCUT2D eigenvalue weighted by Crippen LogP contribution is -2.32. The maximum atomic E-state index is 12.3. The van der Waals surface area contributed by atoms with Crippen LogP contribution >= 0.6 is 11.6 Å². The number of halogens is 1. The number of benzene rings is 1. The van der Waals surface area contributed by atoms with Gasteiger partial charge in [0.05, 0.1) is 0 Å². The topological polar surface area (TPSA) is 29.1 Å². The highest BCUT2D eigenvalue weighted by Crippen LogP contribution is 2.15. The highest BCUT2D eigenvalue weighted by atomic mass is 35.5. The zero-order valence-electron chi connectivity index (χ0n) is 13.8. The molecule has 0 aliphatic rings. The molecule has 0 radical (unpaired) electrons. The molecule has 1 atom stereocenters. The fourth-order valence-corrected chi connectivity index (χ4v) is 2.55. The first-order valence-corrected chi connectivity index (χ1v) is 8.68. The summed E-state index contributed by atoms with van der Waals surface area (Å²) >= 11 is 5.87. The minimum Gasteiger partial charge on any atom is -0.356 e. The second kappa shape index (κ2) is 11.3. The third kappa shape index (κ3) is 7.65. The summed E-state index contributed by atoms with van der Waals surface area (Å²) in [5.41, 5.74) is 1.20.